The molecule has 1 aliphatic carbocycles. The van der Waals surface area contributed by atoms with E-state index in [1.54, 1.807) is 24.3 Å². The summed E-state index contributed by atoms with van der Waals surface area (Å²) in [6, 6.07) is 6.67. The zero-order chi connectivity index (χ0) is 13.2. The molecular formula is C13H14N4O2. The van der Waals surface area contributed by atoms with Crippen LogP contribution < -0.4 is 5.32 Å². The number of nitrogens with one attached hydrogen (secondary N) is 2. The van der Waals surface area contributed by atoms with Gasteiger partial charge in [-0.15, -0.1) is 5.10 Å². The van der Waals surface area contributed by atoms with Crippen LogP contribution in [0.2, 0.25) is 0 Å². The van der Waals surface area contributed by atoms with Gasteiger partial charge >= 0.3 is 0 Å². The van der Waals surface area contributed by atoms with Crippen LogP contribution in [0.15, 0.2) is 24.3 Å². The number of phenols is 1. The second-order valence-corrected chi connectivity index (χ2v) is 4.67. The van der Waals surface area contributed by atoms with Crippen LogP contribution in [-0.2, 0) is 6.54 Å². The van der Waals surface area contributed by atoms with Crippen LogP contribution in [0.3, 0.4) is 0 Å². The first-order chi connectivity index (χ1) is 9.22. The number of hydrogen-bond donors (Lipinski definition) is 3. The van der Waals surface area contributed by atoms with Crippen LogP contribution in [0.25, 0.3) is 0 Å². The lowest BCUT2D eigenvalue weighted by atomic mass is 10.2. The molecule has 2 aromatic rings. The van der Waals surface area contributed by atoms with Crippen molar-refractivity contribution in [2.75, 3.05) is 0 Å². The fraction of sp³-hybridized carbons (Fsp3) is 0.308. The molecule has 0 saturated heterocycles. The van der Waals surface area contributed by atoms with Gasteiger partial charge in [0.1, 0.15) is 11.6 Å². The highest BCUT2D eigenvalue weighted by molar-refractivity contribution is 5.90. The lowest BCUT2D eigenvalue weighted by molar-refractivity contribution is 0.0941. The van der Waals surface area contributed by atoms with Crippen LogP contribution in [0.1, 0.15) is 40.8 Å². The number of phenolic OH excluding ortho intramolecular Hbond substituents is 1. The molecular weight excluding hydrogens is 244 g/mol. The monoisotopic (exact) mass is 258 g/mol. The molecule has 6 heteroatoms. The van der Waals surface area contributed by atoms with E-state index in [4.69, 9.17) is 5.11 Å². The van der Waals surface area contributed by atoms with Crippen molar-refractivity contribution >= 4 is 5.91 Å². The molecule has 0 radical (unpaired) electrons. The number of aromatic nitrogens is 3. The third kappa shape index (κ3) is 2.73. The van der Waals surface area contributed by atoms with Crippen molar-refractivity contribution in [3.8, 4) is 5.75 Å². The predicted molar refractivity (Wildman–Crippen MR) is 67.6 cm³/mol. The number of benzene rings is 1. The Labute approximate surface area is 109 Å². The summed E-state index contributed by atoms with van der Waals surface area (Å²) in [5.41, 5.74) is 0.907. The maximum absolute atomic E-state index is 11.8. The topological polar surface area (TPSA) is 90.9 Å². The molecule has 19 heavy (non-hydrogen) atoms. The van der Waals surface area contributed by atoms with Gasteiger partial charge in [-0.3, -0.25) is 9.89 Å². The van der Waals surface area contributed by atoms with E-state index in [1.165, 1.54) is 0 Å². The number of amides is 1. The molecule has 0 aliphatic heterocycles. The van der Waals surface area contributed by atoms with Crippen molar-refractivity contribution < 1.29 is 9.90 Å². The number of nitrogens with zero attached hydrogens (tertiary/aromatic N) is 2. The van der Waals surface area contributed by atoms with Crippen molar-refractivity contribution in [1.82, 2.24) is 20.5 Å². The number of carbonyl (C=O) groups excluding carboxylic acids is 1. The molecule has 0 atom stereocenters. The Hall–Kier alpha value is -2.37. The Kier molecular flexibility index (Phi) is 2.91. The van der Waals surface area contributed by atoms with E-state index in [0.29, 0.717) is 12.5 Å². The summed E-state index contributed by atoms with van der Waals surface area (Å²) in [6.45, 7) is 0.381. The first-order valence-electron chi connectivity index (χ1n) is 6.21. The predicted octanol–water partition coefficient (Wildman–Crippen LogP) is 1.32. The van der Waals surface area contributed by atoms with Crippen LogP contribution >= 0.6 is 0 Å². The standard InChI is InChI=1S/C13H14N4O2/c18-10-5-1-8(2-6-10)7-14-13(19)12-15-11(16-17-12)9-3-4-9/h1-2,5-6,9,18H,3-4,7H2,(H,14,19)(H,15,16,17). The van der Waals surface area contributed by atoms with Crippen LogP contribution in [0.4, 0.5) is 0 Å². The minimum absolute atomic E-state index is 0.181. The third-order valence-electron chi connectivity index (χ3n) is 3.06. The lowest BCUT2D eigenvalue weighted by Crippen LogP contribution is -2.24. The molecule has 98 valence electrons. The molecule has 0 unspecified atom stereocenters. The molecule has 0 spiro atoms. The lowest BCUT2D eigenvalue weighted by Gasteiger charge is -2.02. The minimum atomic E-state index is -0.295. The van der Waals surface area contributed by atoms with E-state index < -0.39 is 0 Å². The van der Waals surface area contributed by atoms with Crippen molar-refractivity contribution in [3.05, 3.63) is 41.5 Å². The molecule has 1 aromatic heterocycles. The smallest absolute Gasteiger partial charge is 0.291 e. The highest BCUT2D eigenvalue weighted by atomic mass is 16.3. The van der Waals surface area contributed by atoms with Crippen LogP contribution in [0, 0.1) is 0 Å². The summed E-state index contributed by atoms with van der Waals surface area (Å²) in [6.07, 6.45) is 2.23. The number of aromatic hydroxyl groups is 1. The fourth-order valence-electron chi connectivity index (χ4n) is 1.79. The zero-order valence-electron chi connectivity index (χ0n) is 10.3. The molecule has 3 rings (SSSR count). The second kappa shape index (κ2) is 4.72. The SMILES string of the molecule is O=C(NCc1ccc(O)cc1)c1n[nH]c(C2CC2)n1. The molecule has 3 N–H and O–H groups in total. The van der Waals surface area contributed by atoms with Crippen LogP contribution in [0.5, 0.6) is 5.75 Å². The minimum Gasteiger partial charge on any atom is -0.508 e. The molecule has 1 aromatic carbocycles. The maximum Gasteiger partial charge on any atom is 0.291 e. The van der Waals surface area contributed by atoms with Gasteiger partial charge in [0.15, 0.2) is 0 Å². The Morgan fingerprint density at radius 2 is 2.11 bits per heavy atom. The average Bonchev–Trinajstić information content (AvgIpc) is 3.15. The summed E-state index contributed by atoms with van der Waals surface area (Å²) < 4.78 is 0. The second-order valence-electron chi connectivity index (χ2n) is 4.67. The number of hydrogen-bond acceptors (Lipinski definition) is 4. The van der Waals surface area contributed by atoms with Gasteiger partial charge in [-0.2, -0.15) is 0 Å². The molecule has 0 bridgehead atoms. The number of H-pyrrole nitrogens is 1. The van der Waals surface area contributed by atoms with Gasteiger partial charge in [-0.25, -0.2) is 4.98 Å². The van der Waals surface area contributed by atoms with Gasteiger partial charge in [0.2, 0.25) is 5.82 Å². The van der Waals surface area contributed by atoms with E-state index in [1.807, 2.05) is 0 Å². The van der Waals surface area contributed by atoms with E-state index in [0.717, 1.165) is 24.2 Å². The van der Waals surface area contributed by atoms with Crippen molar-refractivity contribution in [2.24, 2.45) is 0 Å². The van der Waals surface area contributed by atoms with E-state index in [2.05, 4.69) is 20.5 Å². The van der Waals surface area contributed by atoms with Gasteiger partial charge in [0, 0.05) is 12.5 Å². The summed E-state index contributed by atoms with van der Waals surface area (Å²) in [4.78, 5) is 16.0. The Balaban J connectivity index is 1.59. The molecule has 1 saturated carbocycles. The Morgan fingerprint density at radius 1 is 1.37 bits per heavy atom. The number of aromatic amines is 1. The first kappa shape index (κ1) is 11.7. The third-order valence-corrected chi connectivity index (χ3v) is 3.06. The van der Waals surface area contributed by atoms with Gasteiger partial charge in [0.25, 0.3) is 5.91 Å². The number of carbonyl (C=O) groups is 1. The quantitative estimate of drug-likeness (QED) is 0.771. The van der Waals surface area contributed by atoms with Gasteiger partial charge in [-0.1, -0.05) is 12.1 Å². The fourth-order valence-corrected chi connectivity index (χ4v) is 1.79. The molecule has 1 fully saturated rings. The van der Waals surface area contributed by atoms with Crippen molar-refractivity contribution in [3.63, 3.8) is 0 Å². The van der Waals surface area contributed by atoms with Gasteiger partial charge in [-0.05, 0) is 30.5 Å². The average molecular weight is 258 g/mol. The summed E-state index contributed by atoms with van der Waals surface area (Å²) >= 11 is 0. The highest BCUT2D eigenvalue weighted by Crippen LogP contribution is 2.37. The van der Waals surface area contributed by atoms with Crippen LogP contribution in [-0.4, -0.2) is 26.2 Å². The highest BCUT2D eigenvalue weighted by Gasteiger charge is 2.28. The molecule has 1 aliphatic rings. The van der Waals surface area contributed by atoms with Gasteiger partial charge in [0.05, 0.1) is 0 Å². The summed E-state index contributed by atoms with van der Waals surface area (Å²) in [5.74, 6) is 1.34. The van der Waals surface area contributed by atoms with E-state index >= 15 is 0 Å². The summed E-state index contributed by atoms with van der Waals surface area (Å²) in [7, 11) is 0. The summed E-state index contributed by atoms with van der Waals surface area (Å²) in [5, 5.41) is 18.6. The zero-order valence-corrected chi connectivity index (χ0v) is 10.3. The Morgan fingerprint density at radius 3 is 2.79 bits per heavy atom. The molecule has 1 heterocycles. The maximum atomic E-state index is 11.8. The first-order valence-corrected chi connectivity index (χ1v) is 6.21. The largest absolute Gasteiger partial charge is 0.508 e. The number of rotatable bonds is 4. The van der Waals surface area contributed by atoms with E-state index in [9.17, 15) is 4.79 Å². The molecule has 6 nitrogen and oxygen atoms in total. The van der Waals surface area contributed by atoms with Crippen molar-refractivity contribution in [1.29, 1.82) is 0 Å². The van der Waals surface area contributed by atoms with Crippen molar-refractivity contribution in [2.45, 2.75) is 25.3 Å². The van der Waals surface area contributed by atoms with E-state index in [-0.39, 0.29) is 17.5 Å². The normalized spacial score (nSPS) is 14.3. The van der Waals surface area contributed by atoms with Gasteiger partial charge < -0.3 is 10.4 Å². The molecule has 1 amide bonds. The Bertz CT molecular complexity index is 587.